The standard InChI is InChI=1S/C25H26BFN4O4/c26-25(7-6-22(32)29-24(25)34)31-15-19-18(23(31)33)2-1-3-21(19)28-13-17-12-16(4-5-20(17)27)14-30-8-10-35-11-9-30/h1-5,12,28H,6-11,13-15H2,(H,29,32,34). The number of hydrogen-bond donors (Lipinski definition) is 2. The van der Waals surface area contributed by atoms with E-state index < -0.39 is 17.3 Å². The molecule has 1 atom stereocenters. The van der Waals surface area contributed by atoms with E-state index in [0.29, 0.717) is 35.6 Å². The Bertz CT molecular complexity index is 1190. The average molecular weight is 476 g/mol. The van der Waals surface area contributed by atoms with Crippen LogP contribution in [-0.4, -0.2) is 67.1 Å². The molecule has 3 amide bonds. The molecule has 2 N–H and O–H groups in total. The van der Waals surface area contributed by atoms with Gasteiger partial charge in [0.05, 0.1) is 18.7 Å². The van der Waals surface area contributed by atoms with E-state index in [2.05, 4.69) is 15.5 Å². The zero-order valence-electron chi connectivity index (χ0n) is 19.3. The largest absolute Gasteiger partial charge is 0.381 e. The van der Waals surface area contributed by atoms with Gasteiger partial charge >= 0.3 is 0 Å². The number of imide groups is 1. The Hall–Kier alpha value is -3.24. The van der Waals surface area contributed by atoms with Gasteiger partial charge in [0.1, 0.15) is 13.7 Å². The minimum atomic E-state index is -1.60. The predicted octanol–water partition coefficient (Wildman–Crippen LogP) is 1.53. The van der Waals surface area contributed by atoms with Crippen LogP contribution in [0.25, 0.3) is 0 Å². The van der Waals surface area contributed by atoms with Crippen molar-refractivity contribution in [3.8, 4) is 0 Å². The van der Waals surface area contributed by atoms with Crippen LogP contribution in [-0.2, 0) is 34.0 Å². The fourth-order valence-electron chi connectivity index (χ4n) is 4.86. The molecule has 3 aliphatic heterocycles. The SMILES string of the molecule is [B]C1(N2Cc3c(NCc4cc(CN5CCOCC5)ccc4F)cccc3C2=O)CCC(=O)NC1=O. The summed E-state index contributed by atoms with van der Waals surface area (Å²) in [6, 6.07) is 10.4. The van der Waals surface area contributed by atoms with Crippen molar-refractivity contribution in [3.05, 3.63) is 64.5 Å². The lowest BCUT2D eigenvalue weighted by molar-refractivity contribution is -0.138. The van der Waals surface area contributed by atoms with Gasteiger partial charge in [0, 0.05) is 61.5 Å². The number of rotatable bonds is 6. The molecule has 0 aromatic heterocycles. The number of carbonyl (C=O) groups excluding carboxylic acids is 3. The van der Waals surface area contributed by atoms with Gasteiger partial charge in [0.15, 0.2) is 0 Å². The van der Waals surface area contributed by atoms with E-state index in [9.17, 15) is 18.8 Å². The molecule has 2 radical (unpaired) electrons. The molecule has 2 fully saturated rings. The van der Waals surface area contributed by atoms with Crippen molar-refractivity contribution in [3.63, 3.8) is 0 Å². The summed E-state index contributed by atoms with van der Waals surface area (Å²) in [6.45, 7) is 4.18. The summed E-state index contributed by atoms with van der Waals surface area (Å²) in [7, 11) is 6.33. The Labute approximate surface area is 204 Å². The maximum Gasteiger partial charge on any atom is 0.254 e. The molecule has 3 heterocycles. The molecule has 180 valence electrons. The smallest absolute Gasteiger partial charge is 0.254 e. The summed E-state index contributed by atoms with van der Waals surface area (Å²) >= 11 is 0. The van der Waals surface area contributed by atoms with Crippen LogP contribution in [0.5, 0.6) is 0 Å². The summed E-state index contributed by atoms with van der Waals surface area (Å²) in [5, 5.41) is 5.49. The minimum Gasteiger partial charge on any atom is -0.381 e. The van der Waals surface area contributed by atoms with Crippen LogP contribution >= 0.6 is 0 Å². The van der Waals surface area contributed by atoms with Gasteiger partial charge in [-0.25, -0.2) is 4.39 Å². The van der Waals surface area contributed by atoms with Gasteiger partial charge in [-0.15, -0.1) is 0 Å². The third kappa shape index (κ3) is 4.55. The van der Waals surface area contributed by atoms with E-state index in [-0.39, 0.29) is 37.7 Å². The van der Waals surface area contributed by atoms with Crippen molar-refractivity contribution in [1.29, 1.82) is 0 Å². The first-order valence-electron chi connectivity index (χ1n) is 11.7. The number of nitrogens with zero attached hydrogens (tertiary/aromatic N) is 2. The van der Waals surface area contributed by atoms with E-state index in [0.717, 1.165) is 25.2 Å². The van der Waals surface area contributed by atoms with Crippen molar-refractivity contribution in [2.24, 2.45) is 0 Å². The van der Waals surface area contributed by atoms with E-state index >= 15 is 0 Å². The van der Waals surface area contributed by atoms with Crippen LogP contribution in [0.2, 0.25) is 0 Å². The topological polar surface area (TPSA) is 91.0 Å². The molecule has 0 bridgehead atoms. The molecule has 8 nitrogen and oxygen atoms in total. The molecule has 2 saturated heterocycles. The fraction of sp³-hybridized carbons (Fsp3) is 0.400. The molecule has 2 aromatic rings. The van der Waals surface area contributed by atoms with Crippen molar-refractivity contribution in [2.75, 3.05) is 31.6 Å². The first kappa shape index (κ1) is 23.5. The zero-order chi connectivity index (χ0) is 24.6. The van der Waals surface area contributed by atoms with Crippen molar-refractivity contribution < 1.29 is 23.5 Å². The lowest BCUT2D eigenvalue weighted by Gasteiger charge is -2.40. The Morgan fingerprint density at radius 3 is 2.71 bits per heavy atom. The van der Waals surface area contributed by atoms with Crippen molar-refractivity contribution >= 4 is 31.3 Å². The van der Waals surface area contributed by atoms with Gasteiger partial charge in [-0.3, -0.25) is 24.6 Å². The number of halogens is 1. The first-order valence-corrected chi connectivity index (χ1v) is 11.7. The van der Waals surface area contributed by atoms with Crippen LogP contribution in [0.4, 0.5) is 10.1 Å². The molecule has 0 aliphatic carbocycles. The monoisotopic (exact) mass is 476 g/mol. The Balaban J connectivity index is 1.32. The van der Waals surface area contributed by atoms with Gasteiger partial charge < -0.3 is 15.0 Å². The van der Waals surface area contributed by atoms with Crippen LogP contribution in [0.1, 0.15) is 39.9 Å². The fourth-order valence-corrected chi connectivity index (χ4v) is 4.86. The molecular formula is C25H26BFN4O4. The third-order valence-electron chi connectivity index (χ3n) is 6.92. The Morgan fingerprint density at radius 1 is 1.14 bits per heavy atom. The van der Waals surface area contributed by atoms with E-state index in [1.165, 1.54) is 11.0 Å². The highest BCUT2D eigenvalue weighted by molar-refractivity contribution is 6.32. The zero-order valence-corrected chi connectivity index (χ0v) is 19.3. The summed E-state index contributed by atoms with van der Waals surface area (Å²) in [6.07, 6.45) is 0.120. The molecular weight excluding hydrogens is 450 g/mol. The molecule has 10 heteroatoms. The minimum absolute atomic E-state index is 0.0568. The number of morpholine rings is 1. The second kappa shape index (κ2) is 9.43. The van der Waals surface area contributed by atoms with Crippen LogP contribution in [0.3, 0.4) is 0 Å². The Morgan fingerprint density at radius 2 is 1.94 bits per heavy atom. The molecule has 0 saturated carbocycles. The number of anilines is 1. The molecule has 35 heavy (non-hydrogen) atoms. The number of nitrogens with one attached hydrogen (secondary N) is 2. The maximum absolute atomic E-state index is 14.6. The van der Waals surface area contributed by atoms with Crippen molar-refractivity contribution in [2.45, 2.75) is 37.9 Å². The summed E-state index contributed by atoms with van der Waals surface area (Å²) < 4.78 is 20.0. The first-order chi connectivity index (χ1) is 16.8. The molecule has 5 rings (SSSR count). The molecule has 2 aromatic carbocycles. The van der Waals surface area contributed by atoms with Crippen LogP contribution < -0.4 is 10.6 Å². The highest BCUT2D eigenvalue weighted by atomic mass is 19.1. The summed E-state index contributed by atoms with van der Waals surface area (Å²) in [5.41, 5.74) is 1.75. The van der Waals surface area contributed by atoms with E-state index in [1.807, 2.05) is 12.1 Å². The van der Waals surface area contributed by atoms with Gasteiger partial charge in [-0.1, -0.05) is 12.1 Å². The van der Waals surface area contributed by atoms with Crippen LogP contribution in [0, 0.1) is 5.82 Å². The number of fused-ring (bicyclic) bond motifs is 1. The molecule has 1 unspecified atom stereocenters. The van der Waals surface area contributed by atoms with Crippen LogP contribution in [0.15, 0.2) is 36.4 Å². The number of piperidine rings is 1. The summed E-state index contributed by atoms with van der Waals surface area (Å²) in [4.78, 5) is 40.8. The number of hydrogen-bond acceptors (Lipinski definition) is 6. The lowest BCUT2D eigenvalue weighted by Crippen LogP contribution is -2.63. The lowest BCUT2D eigenvalue weighted by atomic mass is 9.70. The number of carbonyl (C=O) groups is 3. The summed E-state index contributed by atoms with van der Waals surface area (Å²) in [5.74, 6) is -1.75. The second-order valence-electron chi connectivity index (χ2n) is 9.19. The molecule has 3 aliphatic rings. The third-order valence-corrected chi connectivity index (χ3v) is 6.92. The average Bonchev–Trinajstić information content (AvgIpc) is 3.20. The normalized spacial score (nSPS) is 22.8. The molecule has 0 spiro atoms. The van der Waals surface area contributed by atoms with Gasteiger partial charge in [-0.2, -0.15) is 0 Å². The van der Waals surface area contributed by atoms with Gasteiger partial charge in [-0.05, 0) is 36.2 Å². The number of ether oxygens (including phenoxy) is 1. The van der Waals surface area contributed by atoms with E-state index in [4.69, 9.17) is 12.6 Å². The second-order valence-corrected chi connectivity index (χ2v) is 9.19. The van der Waals surface area contributed by atoms with Gasteiger partial charge in [0.2, 0.25) is 11.8 Å². The predicted molar refractivity (Wildman–Crippen MR) is 127 cm³/mol. The Kier molecular flexibility index (Phi) is 6.33. The number of benzene rings is 2. The maximum atomic E-state index is 14.6. The number of amides is 3. The van der Waals surface area contributed by atoms with Crippen molar-refractivity contribution in [1.82, 2.24) is 15.1 Å². The highest BCUT2D eigenvalue weighted by Crippen LogP contribution is 2.36. The van der Waals surface area contributed by atoms with Gasteiger partial charge in [0.25, 0.3) is 5.91 Å². The van der Waals surface area contributed by atoms with E-state index in [1.54, 1.807) is 18.2 Å². The quantitative estimate of drug-likeness (QED) is 0.486. The highest BCUT2D eigenvalue weighted by Gasteiger charge is 2.48.